The molecular formula is C10H14N2O2. The lowest BCUT2D eigenvalue weighted by molar-refractivity contribution is 0.248. The molecule has 0 N–H and O–H groups in total. The smallest absolute Gasteiger partial charge is 0.211 e. The van der Waals surface area contributed by atoms with Crippen LogP contribution in [0.25, 0.3) is 0 Å². The summed E-state index contributed by atoms with van der Waals surface area (Å²) < 4.78 is 0. The Balaban J connectivity index is 2.58. The summed E-state index contributed by atoms with van der Waals surface area (Å²) in [6, 6.07) is 0. The van der Waals surface area contributed by atoms with Crippen LogP contribution in [0.5, 0.6) is 0 Å². The molecule has 0 aliphatic heterocycles. The maximum absolute atomic E-state index is 10.2. The third-order valence-corrected chi connectivity index (χ3v) is 2.79. The van der Waals surface area contributed by atoms with E-state index in [0.717, 1.165) is 25.7 Å². The van der Waals surface area contributed by atoms with Gasteiger partial charge in [-0.2, -0.15) is 4.99 Å². The van der Waals surface area contributed by atoms with Crippen LogP contribution in [-0.4, -0.2) is 24.2 Å². The molecule has 1 saturated carbocycles. The summed E-state index contributed by atoms with van der Waals surface area (Å²) in [7, 11) is 0. The van der Waals surface area contributed by atoms with Crippen molar-refractivity contribution in [3.8, 4) is 0 Å². The standard InChI is InChI=1S/C10H14N2O2/c1-10(12-8-14)4-2-3-9(5-10)6-11-7-13/h9H,2-6H2,1H3. The van der Waals surface area contributed by atoms with Gasteiger partial charge in [0.1, 0.15) is 0 Å². The van der Waals surface area contributed by atoms with E-state index in [2.05, 4.69) is 9.98 Å². The fourth-order valence-electron chi connectivity index (χ4n) is 2.13. The van der Waals surface area contributed by atoms with Gasteiger partial charge < -0.3 is 0 Å². The monoisotopic (exact) mass is 194 g/mol. The van der Waals surface area contributed by atoms with Crippen molar-refractivity contribution in [1.29, 1.82) is 0 Å². The molecule has 0 heterocycles. The lowest BCUT2D eigenvalue weighted by Gasteiger charge is -2.32. The van der Waals surface area contributed by atoms with Crippen LogP contribution in [-0.2, 0) is 9.59 Å². The van der Waals surface area contributed by atoms with Crippen molar-refractivity contribution in [2.45, 2.75) is 38.1 Å². The molecule has 0 bridgehead atoms. The fraction of sp³-hybridized carbons (Fsp3) is 0.800. The molecule has 0 spiro atoms. The van der Waals surface area contributed by atoms with Gasteiger partial charge in [-0.05, 0) is 32.1 Å². The molecule has 0 aromatic rings. The van der Waals surface area contributed by atoms with E-state index in [4.69, 9.17) is 0 Å². The number of isocyanates is 2. The first kappa shape index (κ1) is 10.8. The zero-order valence-electron chi connectivity index (χ0n) is 8.32. The van der Waals surface area contributed by atoms with Gasteiger partial charge in [0.25, 0.3) is 0 Å². The molecule has 0 amide bonds. The summed E-state index contributed by atoms with van der Waals surface area (Å²) in [5.74, 6) is 0.354. The molecule has 2 atom stereocenters. The van der Waals surface area contributed by atoms with Crippen LogP contribution in [0.3, 0.4) is 0 Å². The van der Waals surface area contributed by atoms with Gasteiger partial charge in [-0.25, -0.2) is 14.6 Å². The second kappa shape index (κ2) is 4.85. The Bertz CT molecular complexity index is 290. The molecule has 1 fully saturated rings. The average Bonchev–Trinajstić information content (AvgIpc) is 2.15. The summed E-state index contributed by atoms with van der Waals surface area (Å²) in [6.07, 6.45) is 6.98. The van der Waals surface area contributed by atoms with Crippen molar-refractivity contribution in [2.24, 2.45) is 15.9 Å². The van der Waals surface area contributed by atoms with Gasteiger partial charge in [0, 0.05) is 0 Å². The largest absolute Gasteiger partial charge is 0.235 e. The lowest BCUT2D eigenvalue weighted by Crippen LogP contribution is -2.31. The first-order valence-electron chi connectivity index (χ1n) is 4.83. The van der Waals surface area contributed by atoms with Gasteiger partial charge in [-0.3, -0.25) is 0 Å². The minimum absolute atomic E-state index is 0.289. The van der Waals surface area contributed by atoms with E-state index in [1.165, 1.54) is 0 Å². The maximum atomic E-state index is 10.2. The lowest BCUT2D eigenvalue weighted by atomic mass is 9.77. The molecule has 4 heteroatoms. The number of nitrogens with zero attached hydrogens (tertiary/aromatic N) is 2. The zero-order chi connectivity index (χ0) is 10.4. The molecule has 1 rings (SSSR count). The molecule has 0 aromatic carbocycles. The molecule has 0 saturated heterocycles. The molecule has 14 heavy (non-hydrogen) atoms. The summed E-state index contributed by atoms with van der Waals surface area (Å²) in [6.45, 7) is 2.46. The molecule has 76 valence electrons. The Hall–Kier alpha value is -1.24. The van der Waals surface area contributed by atoms with Gasteiger partial charge in [-0.1, -0.05) is 6.42 Å². The highest BCUT2D eigenvalue weighted by Crippen LogP contribution is 2.34. The van der Waals surface area contributed by atoms with Gasteiger partial charge in [0.15, 0.2) is 0 Å². The molecule has 4 nitrogen and oxygen atoms in total. The van der Waals surface area contributed by atoms with Crippen molar-refractivity contribution in [3.63, 3.8) is 0 Å². The Labute approximate surface area is 83.1 Å². The first-order valence-corrected chi connectivity index (χ1v) is 4.83. The molecule has 1 aliphatic rings. The molecule has 0 aromatic heterocycles. The highest BCUT2D eigenvalue weighted by atomic mass is 16.1. The zero-order valence-corrected chi connectivity index (χ0v) is 8.32. The SMILES string of the molecule is CC1(N=C=O)CCCC(CN=C=O)C1. The Morgan fingerprint density at radius 3 is 2.86 bits per heavy atom. The molecule has 0 radical (unpaired) electrons. The van der Waals surface area contributed by atoms with Crippen LogP contribution in [0.4, 0.5) is 0 Å². The number of hydrogen-bond acceptors (Lipinski definition) is 4. The molecular weight excluding hydrogens is 180 g/mol. The molecule has 2 unspecified atom stereocenters. The van der Waals surface area contributed by atoms with Crippen LogP contribution in [0, 0.1) is 5.92 Å². The summed E-state index contributed by atoms with van der Waals surface area (Å²) in [5.41, 5.74) is -0.289. The van der Waals surface area contributed by atoms with Crippen molar-refractivity contribution in [2.75, 3.05) is 6.54 Å². The van der Waals surface area contributed by atoms with E-state index >= 15 is 0 Å². The van der Waals surface area contributed by atoms with Crippen LogP contribution in [0.15, 0.2) is 9.98 Å². The van der Waals surface area contributed by atoms with E-state index in [1.807, 2.05) is 6.92 Å². The van der Waals surface area contributed by atoms with Crippen LogP contribution < -0.4 is 0 Å². The quantitative estimate of drug-likeness (QED) is 0.506. The minimum atomic E-state index is -0.289. The van der Waals surface area contributed by atoms with Crippen LogP contribution >= 0.6 is 0 Å². The third-order valence-electron chi connectivity index (χ3n) is 2.79. The van der Waals surface area contributed by atoms with E-state index in [9.17, 15) is 9.59 Å². The minimum Gasteiger partial charge on any atom is -0.211 e. The van der Waals surface area contributed by atoms with Gasteiger partial charge in [0.05, 0.1) is 12.1 Å². The fourth-order valence-corrected chi connectivity index (χ4v) is 2.13. The van der Waals surface area contributed by atoms with Crippen molar-refractivity contribution in [1.82, 2.24) is 0 Å². The predicted molar refractivity (Wildman–Crippen MR) is 51.5 cm³/mol. The van der Waals surface area contributed by atoms with Crippen molar-refractivity contribution in [3.05, 3.63) is 0 Å². The van der Waals surface area contributed by atoms with Crippen LogP contribution in [0.1, 0.15) is 32.6 Å². The molecule has 1 aliphatic carbocycles. The Morgan fingerprint density at radius 1 is 1.43 bits per heavy atom. The van der Waals surface area contributed by atoms with E-state index in [0.29, 0.717) is 12.5 Å². The Kier molecular flexibility index (Phi) is 3.75. The van der Waals surface area contributed by atoms with Gasteiger partial charge in [-0.15, -0.1) is 0 Å². The summed E-state index contributed by atoms with van der Waals surface area (Å²) in [4.78, 5) is 27.6. The van der Waals surface area contributed by atoms with E-state index in [-0.39, 0.29) is 5.54 Å². The average molecular weight is 194 g/mol. The highest BCUT2D eigenvalue weighted by Gasteiger charge is 2.31. The summed E-state index contributed by atoms with van der Waals surface area (Å²) >= 11 is 0. The predicted octanol–water partition coefficient (Wildman–Crippen LogP) is 1.61. The van der Waals surface area contributed by atoms with E-state index < -0.39 is 0 Å². The van der Waals surface area contributed by atoms with E-state index in [1.54, 1.807) is 12.2 Å². The normalized spacial score (nSPS) is 31.4. The number of rotatable bonds is 3. The first-order chi connectivity index (χ1) is 6.70. The number of carbonyl (C=O) groups excluding carboxylic acids is 2. The number of hydrogen-bond donors (Lipinski definition) is 0. The van der Waals surface area contributed by atoms with Gasteiger partial charge >= 0.3 is 0 Å². The highest BCUT2D eigenvalue weighted by molar-refractivity contribution is 5.35. The van der Waals surface area contributed by atoms with Crippen molar-refractivity contribution >= 4 is 12.2 Å². The Morgan fingerprint density at radius 2 is 2.21 bits per heavy atom. The number of aliphatic imine (C=N–C) groups is 2. The van der Waals surface area contributed by atoms with Crippen LogP contribution in [0.2, 0.25) is 0 Å². The second-order valence-corrected chi connectivity index (χ2v) is 4.09. The van der Waals surface area contributed by atoms with Crippen molar-refractivity contribution < 1.29 is 9.59 Å². The second-order valence-electron chi connectivity index (χ2n) is 4.09. The summed E-state index contributed by atoms with van der Waals surface area (Å²) in [5, 5.41) is 0. The third kappa shape index (κ3) is 2.91. The van der Waals surface area contributed by atoms with Gasteiger partial charge in [0.2, 0.25) is 12.2 Å². The maximum Gasteiger partial charge on any atom is 0.235 e. The topological polar surface area (TPSA) is 58.9 Å².